The third-order valence-electron chi connectivity index (χ3n) is 5.00. The van der Waals surface area contributed by atoms with Crippen LogP contribution in [0.3, 0.4) is 0 Å². The van der Waals surface area contributed by atoms with Crippen molar-refractivity contribution in [2.75, 3.05) is 12.4 Å². The molecule has 2 N–H and O–H groups in total. The van der Waals surface area contributed by atoms with E-state index in [0.29, 0.717) is 17.0 Å². The number of aryl methyl sites for hydroxylation is 2. The molecule has 0 aliphatic carbocycles. The van der Waals surface area contributed by atoms with Crippen LogP contribution in [0.25, 0.3) is 10.2 Å². The normalized spacial score (nSPS) is 16.2. The van der Waals surface area contributed by atoms with Gasteiger partial charge in [-0.25, -0.2) is 14.6 Å². The Morgan fingerprint density at radius 3 is 2.77 bits per heavy atom. The Balaban J connectivity index is 1.70. The fourth-order valence-corrected chi connectivity index (χ4v) is 5.65. The van der Waals surface area contributed by atoms with Crippen LogP contribution in [0, 0.1) is 13.8 Å². The van der Waals surface area contributed by atoms with Gasteiger partial charge < -0.3 is 15.4 Å². The van der Waals surface area contributed by atoms with Gasteiger partial charge in [0.2, 0.25) is 0 Å². The number of nitrogens with zero attached hydrogens (tertiary/aromatic N) is 1. The molecule has 2 aromatic carbocycles. The average molecular weight is 454 g/mol. The molecule has 0 fully saturated rings. The summed E-state index contributed by atoms with van der Waals surface area (Å²) in [7, 11) is 0. The number of carbonyl (C=O) groups excluding carboxylic acids is 2. The second-order valence-corrected chi connectivity index (χ2v) is 9.49. The molecule has 2 amide bonds. The van der Waals surface area contributed by atoms with E-state index in [9.17, 15) is 9.59 Å². The van der Waals surface area contributed by atoms with Gasteiger partial charge in [-0.1, -0.05) is 47.7 Å². The lowest BCUT2D eigenvalue weighted by molar-refractivity contribution is -0.139. The first-order valence-electron chi connectivity index (χ1n) is 9.99. The van der Waals surface area contributed by atoms with E-state index in [2.05, 4.69) is 15.6 Å². The maximum absolute atomic E-state index is 12.9. The highest BCUT2D eigenvalue weighted by Crippen LogP contribution is 2.34. The molecule has 31 heavy (non-hydrogen) atoms. The van der Waals surface area contributed by atoms with Crippen LogP contribution in [0.2, 0.25) is 0 Å². The molecule has 6 nitrogen and oxygen atoms in total. The SMILES string of the molecule is CCOC(=O)C1=C(CSc2nc3ccccc3s2)NC(=O)NC1c1ccc(C)cc1C. The van der Waals surface area contributed by atoms with Gasteiger partial charge in [0, 0.05) is 11.4 Å². The second kappa shape index (κ2) is 9.11. The number of thioether (sulfide) groups is 1. The lowest BCUT2D eigenvalue weighted by atomic mass is 9.91. The van der Waals surface area contributed by atoms with Gasteiger partial charge in [-0.2, -0.15) is 0 Å². The number of benzene rings is 2. The van der Waals surface area contributed by atoms with Crippen molar-refractivity contribution >= 4 is 45.3 Å². The predicted octanol–water partition coefficient (Wildman–Crippen LogP) is 4.88. The summed E-state index contributed by atoms with van der Waals surface area (Å²) in [6, 6.07) is 13.0. The third kappa shape index (κ3) is 4.60. The summed E-state index contributed by atoms with van der Waals surface area (Å²) in [6.45, 7) is 6.03. The Morgan fingerprint density at radius 2 is 2.03 bits per heavy atom. The molecule has 4 rings (SSSR count). The summed E-state index contributed by atoms with van der Waals surface area (Å²) in [5.74, 6) is -0.0251. The summed E-state index contributed by atoms with van der Waals surface area (Å²) in [4.78, 5) is 30.1. The number of para-hydroxylation sites is 1. The molecular formula is C23H23N3O3S2. The predicted molar refractivity (Wildman–Crippen MR) is 124 cm³/mol. The van der Waals surface area contributed by atoms with Crippen LogP contribution < -0.4 is 10.6 Å². The third-order valence-corrected chi connectivity index (χ3v) is 7.21. The molecule has 3 aromatic rings. The molecule has 8 heteroatoms. The number of thiazole rings is 1. The maximum Gasteiger partial charge on any atom is 0.338 e. The fourth-order valence-electron chi connectivity index (χ4n) is 3.61. The Kier molecular flexibility index (Phi) is 6.29. The van der Waals surface area contributed by atoms with E-state index in [1.807, 2.05) is 56.3 Å². The standard InChI is InChI=1S/C23H23N3O3S2/c1-4-29-21(27)19-17(12-30-23-25-16-7-5-6-8-18(16)31-23)24-22(28)26-20(19)15-10-9-13(2)11-14(15)3/h5-11,20H,4,12H2,1-3H3,(H2,24,26,28). The maximum atomic E-state index is 12.9. The lowest BCUT2D eigenvalue weighted by Crippen LogP contribution is -2.46. The highest BCUT2D eigenvalue weighted by molar-refractivity contribution is 8.01. The zero-order chi connectivity index (χ0) is 22.0. The Labute approximate surface area is 189 Å². The molecular weight excluding hydrogens is 430 g/mol. The molecule has 1 aliphatic rings. The van der Waals surface area contributed by atoms with E-state index in [4.69, 9.17) is 4.74 Å². The smallest absolute Gasteiger partial charge is 0.338 e. The quantitative estimate of drug-likeness (QED) is 0.411. The number of fused-ring (bicyclic) bond motifs is 1. The van der Waals surface area contributed by atoms with E-state index < -0.39 is 12.0 Å². The van der Waals surface area contributed by atoms with Gasteiger partial charge >= 0.3 is 12.0 Å². The highest BCUT2D eigenvalue weighted by atomic mass is 32.2. The van der Waals surface area contributed by atoms with E-state index in [1.165, 1.54) is 11.8 Å². The molecule has 1 aromatic heterocycles. The Morgan fingerprint density at radius 1 is 1.23 bits per heavy atom. The second-order valence-electron chi connectivity index (χ2n) is 7.24. The number of amides is 2. The minimum absolute atomic E-state index is 0.258. The molecule has 0 bridgehead atoms. The van der Waals surface area contributed by atoms with Crippen molar-refractivity contribution in [2.45, 2.75) is 31.2 Å². The zero-order valence-corrected chi connectivity index (χ0v) is 19.2. The van der Waals surface area contributed by atoms with Crippen LogP contribution in [-0.2, 0) is 9.53 Å². The minimum atomic E-state index is -0.570. The van der Waals surface area contributed by atoms with Gasteiger partial charge in [-0.15, -0.1) is 11.3 Å². The molecule has 0 spiro atoms. The van der Waals surface area contributed by atoms with Crippen molar-refractivity contribution in [3.8, 4) is 0 Å². The summed E-state index contributed by atoms with van der Waals surface area (Å²) in [5, 5.41) is 5.73. The van der Waals surface area contributed by atoms with Gasteiger partial charge in [0.25, 0.3) is 0 Å². The number of rotatable bonds is 6. The number of aromatic nitrogens is 1. The molecule has 1 aliphatic heterocycles. The van der Waals surface area contributed by atoms with E-state index in [1.54, 1.807) is 18.3 Å². The van der Waals surface area contributed by atoms with Crippen LogP contribution in [-0.4, -0.2) is 29.3 Å². The minimum Gasteiger partial charge on any atom is -0.463 e. The number of urea groups is 1. The van der Waals surface area contributed by atoms with Gasteiger partial charge in [0.15, 0.2) is 4.34 Å². The monoisotopic (exact) mass is 453 g/mol. The van der Waals surface area contributed by atoms with Crippen molar-refractivity contribution in [1.82, 2.24) is 15.6 Å². The Hall–Kier alpha value is -2.84. The molecule has 0 radical (unpaired) electrons. The fraction of sp³-hybridized carbons (Fsp3) is 0.261. The summed E-state index contributed by atoms with van der Waals surface area (Å²) >= 11 is 3.09. The van der Waals surface area contributed by atoms with E-state index in [0.717, 1.165) is 31.2 Å². The molecule has 1 atom stereocenters. The van der Waals surface area contributed by atoms with E-state index >= 15 is 0 Å². The summed E-state index contributed by atoms with van der Waals surface area (Å²) < 4.78 is 7.34. The largest absolute Gasteiger partial charge is 0.463 e. The number of ether oxygens (including phenoxy) is 1. The number of nitrogens with one attached hydrogen (secondary N) is 2. The van der Waals surface area contributed by atoms with E-state index in [-0.39, 0.29) is 12.6 Å². The van der Waals surface area contributed by atoms with Crippen molar-refractivity contribution in [1.29, 1.82) is 0 Å². The first-order chi connectivity index (χ1) is 15.0. The van der Waals surface area contributed by atoms with Gasteiger partial charge in [-0.3, -0.25) is 0 Å². The van der Waals surface area contributed by atoms with Gasteiger partial charge in [-0.05, 0) is 44.0 Å². The summed E-state index contributed by atoms with van der Waals surface area (Å²) in [6.07, 6.45) is 0. The van der Waals surface area contributed by atoms with Crippen LogP contribution >= 0.6 is 23.1 Å². The summed E-state index contributed by atoms with van der Waals surface area (Å²) in [5.41, 5.74) is 4.93. The number of carbonyl (C=O) groups is 2. The molecule has 0 saturated carbocycles. The van der Waals surface area contributed by atoms with Crippen molar-refractivity contribution in [2.24, 2.45) is 0 Å². The van der Waals surface area contributed by atoms with Crippen LogP contribution in [0.15, 0.2) is 58.1 Å². The van der Waals surface area contributed by atoms with Crippen molar-refractivity contribution in [3.05, 3.63) is 70.4 Å². The molecule has 2 heterocycles. The molecule has 160 valence electrons. The number of hydrogen-bond acceptors (Lipinski definition) is 6. The molecule has 0 saturated heterocycles. The van der Waals surface area contributed by atoms with Crippen LogP contribution in [0.4, 0.5) is 4.79 Å². The highest BCUT2D eigenvalue weighted by Gasteiger charge is 2.34. The lowest BCUT2D eigenvalue weighted by Gasteiger charge is -2.30. The van der Waals surface area contributed by atoms with Gasteiger partial charge in [0.1, 0.15) is 0 Å². The number of esters is 1. The van der Waals surface area contributed by atoms with Crippen LogP contribution in [0.1, 0.15) is 29.7 Å². The van der Waals surface area contributed by atoms with Gasteiger partial charge in [0.05, 0.1) is 28.4 Å². The molecule has 1 unspecified atom stereocenters. The first kappa shape index (κ1) is 21.4. The Bertz CT molecular complexity index is 1150. The van der Waals surface area contributed by atoms with Crippen LogP contribution in [0.5, 0.6) is 0 Å². The average Bonchev–Trinajstić information content (AvgIpc) is 3.15. The first-order valence-corrected chi connectivity index (χ1v) is 11.8. The zero-order valence-electron chi connectivity index (χ0n) is 17.5. The number of hydrogen-bond donors (Lipinski definition) is 2. The topological polar surface area (TPSA) is 80.3 Å². The van der Waals surface area contributed by atoms with Crippen molar-refractivity contribution in [3.63, 3.8) is 0 Å². The van der Waals surface area contributed by atoms with Crippen molar-refractivity contribution < 1.29 is 14.3 Å².